The molecule has 0 bridgehead atoms. The number of nitrogens with zero attached hydrogens (tertiary/aromatic N) is 1. The Morgan fingerprint density at radius 1 is 1.30 bits per heavy atom. The quantitative estimate of drug-likeness (QED) is 0.852. The second-order valence-electron chi connectivity index (χ2n) is 4.27. The van der Waals surface area contributed by atoms with E-state index in [1.807, 2.05) is 19.1 Å². The molecule has 0 unspecified atom stereocenters. The second kappa shape index (κ2) is 5.84. The van der Waals surface area contributed by atoms with Crippen molar-refractivity contribution in [1.29, 1.82) is 0 Å². The molecular weight excluding hydrogens is 276 g/mol. The van der Waals surface area contributed by atoms with Crippen molar-refractivity contribution < 1.29 is 9.90 Å². The number of aromatic hydroxyl groups is 1. The van der Waals surface area contributed by atoms with E-state index in [-0.39, 0.29) is 16.7 Å². The average Bonchev–Trinajstić information content (AvgIpc) is 2.44. The third-order valence-electron chi connectivity index (χ3n) is 2.98. The van der Waals surface area contributed by atoms with Crippen LogP contribution in [0.5, 0.6) is 5.75 Å². The topological polar surface area (TPSA) is 66.6 Å². The van der Waals surface area contributed by atoms with Crippen LogP contribution >= 0.6 is 11.6 Å². The molecule has 0 saturated carbocycles. The standard InChI is InChI=1S/C15H15ClN2O2/c1-2-18(13-6-4-3-5-12(13)17)15(20)10-7-8-14(19)11(16)9-10/h3-9,19H,2,17H2,1H3. The predicted octanol–water partition coefficient (Wildman–Crippen LogP) is 3.29. The Bertz CT molecular complexity index is 644. The van der Waals surface area contributed by atoms with Gasteiger partial charge in [0.25, 0.3) is 5.91 Å². The Hall–Kier alpha value is -2.20. The number of para-hydroxylation sites is 2. The number of rotatable bonds is 3. The van der Waals surface area contributed by atoms with E-state index in [1.165, 1.54) is 18.2 Å². The SMILES string of the molecule is CCN(C(=O)c1ccc(O)c(Cl)c1)c1ccccc1N. The molecule has 0 aliphatic carbocycles. The molecule has 0 aromatic heterocycles. The molecule has 3 N–H and O–H groups in total. The van der Waals surface area contributed by atoms with Crippen LogP contribution in [-0.4, -0.2) is 17.6 Å². The zero-order chi connectivity index (χ0) is 14.7. The van der Waals surface area contributed by atoms with Crippen LogP contribution in [0.2, 0.25) is 5.02 Å². The Balaban J connectivity index is 2.39. The number of nitrogens with two attached hydrogens (primary N) is 1. The number of carbonyl (C=O) groups is 1. The molecule has 0 saturated heterocycles. The lowest BCUT2D eigenvalue weighted by molar-refractivity contribution is 0.0988. The number of carbonyl (C=O) groups excluding carboxylic acids is 1. The van der Waals surface area contributed by atoms with E-state index in [4.69, 9.17) is 17.3 Å². The minimum Gasteiger partial charge on any atom is -0.506 e. The van der Waals surface area contributed by atoms with Gasteiger partial charge in [-0.05, 0) is 37.3 Å². The summed E-state index contributed by atoms with van der Waals surface area (Å²) in [5.74, 6) is -0.266. The van der Waals surface area contributed by atoms with Gasteiger partial charge in [0.2, 0.25) is 0 Å². The largest absolute Gasteiger partial charge is 0.506 e. The van der Waals surface area contributed by atoms with Crippen LogP contribution in [-0.2, 0) is 0 Å². The van der Waals surface area contributed by atoms with E-state index >= 15 is 0 Å². The van der Waals surface area contributed by atoms with Crippen LogP contribution in [0.15, 0.2) is 42.5 Å². The van der Waals surface area contributed by atoms with Gasteiger partial charge in [0.1, 0.15) is 5.75 Å². The highest BCUT2D eigenvalue weighted by atomic mass is 35.5. The lowest BCUT2D eigenvalue weighted by atomic mass is 10.1. The highest BCUT2D eigenvalue weighted by molar-refractivity contribution is 6.32. The monoisotopic (exact) mass is 290 g/mol. The fourth-order valence-corrected chi connectivity index (χ4v) is 2.13. The normalized spacial score (nSPS) is 10.3. The fourth-order valence-electron chi connectivity index (χ4n) is 1.95. The number of phenols is 1. The molecule has 0 heterocycles. The van der Waals surface area contributed by atoms with Gasteiger partial charge >= 0.3 is 0 Å². The van der Waals surface area contributed by atoms with Crippen molar-refractivity contribution in [2.45, 2.75) is 6.92 Å². The van der Waals surface area contributed by atoms with Crippen molar-refractivity contribution in [3.63, 3.8) is 0 Å². The summed E-state index contributed by atoms with van der Waals surface area (Å²) in [5.41, 5.74) is 7.50. The molecular formula is C15H15ClN2O2. The summed E-state index contributed by atoms with van der Waals surface area (Å²) in [4.78, 5) is 14.1. The number of hydrogen-bond donors (Lipinski definition) is 2. The molecule has 0 atom stereocenters. The Morgan fingerprint density at radius 2 is 2.00 bits per heavy atom. The first-order chi connectivity index (χ1) is 9.54. The Kier molecular flexibility index (Phi) is 4.15. The van der Waals surface area contributed by atoms with Crippen LogP contribution in [0.25, 0.3) is 0 Å². The molecule has 0 radical (unpaired) electrons. The first kappa shape index (κ1) is 14.2. The van der Waals surface area contributed by atoms with Gasteiger partial charge in [0.05, 0.1) is 16.4 Å². The maximum absolute atomic E-state index is 12.5. The number of hydrogen-bond acceptors (Lipinski definition) is 3. The smallest absolute Gasteiger partial charge is 0.258 e. The van der Waals surface area contributed by atoms with Gasteiger partial charge in [-0.25, -0.2) is 0 Å². The van der Waals surface area contributed by atoms with Crippen LogP contribution in [0.1, 0.15) is 17.3 Å². The predicted molar refractivity (Wildman–Crippen MR) is 81.3 cm³/mol. The molecule has 5 heteroatoms. The highest BCUT2D eigenvalue weighted by Crippen LogP contribution is 2.27. The summed E-state index contributed by atoms with van der Waals surface area (Å²) in [5, 5.41) is 9.55. The van der Waals surface area contributed by atoms with E-state index in [1.54, 1.807) is 17.0 Å². The van der Waals surface area contributed by atoms with Gasteiger partial charge in [0, 0.05) is 12.1 Å². The van der Waals surface area contributed by atoms with Crippen molar-refractivity contribution in [1.82, 2.24) is 0 Å². The number of nitrogen functional groups attached to an aromatic ring is 1. The molecule has 2 rings (SSSR count). The maximum Gasteiger partial charge on any atom is 0.258 e. The fraction of sp³-hybridized carbons (Fsp3) is 0.133. The zero-order valence-corrected chi connectivity index (χ0v) is 11.8. The number of phenolic OH excluding ortho intramolecular Hbond substituents is 1. The van der Waals surface area contributed by atoms with Crippen LogP contribution in [0, 0.1) is 0 Å². The van der Waals surface area contributed by atoms with Gasteiger partial charge in [0.15, 0.2) is 0 Å². The van der Waals surface area contributed by atoms with Gasteiger partial charge in [-0.15, -0.1) is 0 Å². The highest BCUT2D eigenvalue weighted by Gasteiger charge is 2.18. The number of anilines is 2. The van der Waals surface area contributed by atoms with E-state index in [9.17, 15) is 9.90 Å². The van der Waals surface area contributed by atoms with E-state index in [0.29, 0.717) is 23.5 Å². The molecule has 0 aliphatic rings. The van der Waals surface area contributed by atoms with Crippen molar-refractivity contribution >= 4 is 28.9 Å². The Labute approximate surface area is 122 Å². The molecule has 2 aromatic carbocycles. The van der Waals surface area contributed by atoms with Crippen molar-refractivity contribution in [2.75, 3.05) is 17.2 Å². The number of amides is 1. The minimum absolute atomic E-state index is 0.0505. The Morgan fingerprint density at radius 3 is 2.60 bits per heavy atom. The van der Waals surface area contributed by atoms with Gasteiger partial charge in [-0.3, -0.25) is 4.79 Å². The van der Waals surface area contributed by atoms with E-state index in [0.717, 1.165) is 0 Å². The van der Waals surface area contributed by atoms with E-state index < -0.39 is 0 Å². The molecule has 20 heavy (non-hydrogen) atoms. The average molecular weight is 291 g/mol. The lowest BCUT2D eigenvalue weighted by Gasteiger charge is -2.22. The lowest BCUT2D eigenvalue weighted by Crippen LogP contribution is -2.31. The molecule has 0 aliphatic heterocycles. The summed E-state index contributed by atoms with van der Waals surface area (Å²) in [6.07, 6.45) is 0. The first-order valence-electron chi connectivity index (χ1n) is 6.19. The minimum atomic E-state index is -0.215. The maximum atomic E-state index is 12.5. The van der Waals surface area contributed by atoms with Gasteiger partial charge < -0.3 is 15.7 Å². The van der Waals surface area contributed by atoms with Crippen molar-refractivity contribution in [2.24, 2.45) is 0 Å². The molecule has 104 valence electrons. The number of benzene rings is 2. The summed E-state index contributed by atoms with van der Waals surface area (Å²) in [6.45, 7) is 2.35. The summed E-state index contributed by atoms with van der Waals surface area (Å²) in [6, 6.07) is 11.6. The molecule has 0 fully saturated rings. The van der Waals surface area contributed by atoms with Crippen LogP contribution < -0.4 is 10.6 Å². The third-order valence-corrected chi connectivity index (χ3v) is 3.29. The molecule has 4 nitrogen and oxygen atoms in total. The van der Waals surface area contributed by atoms with Gasteiger partial charge in [-0.2, -0.15) is 0 Å². The third kappa shape index (κ3) is 2.70. The molecule has 0 spiro atoms. The second-order valence-corrected chi connectivity index (χ2v) is 4.68. The van der Waals surface area contributed by atoms with Crippen LogP contribution in [0.3, 0.4) is 0 Å². The van der Waals surface area contributed by atoms with E-state index in [2.05, 4.69) is 0 Å². The first-order valence-corrected chi connectivity index (χ1v) is 6.57. The van der Waals surface area contributed by atoms with Crippen LogP contribution in [0.4, 0.5) is 11.4 Å². The summed E-state index contributed by atoms with van der Waals surface area (Å²) in [7, 11) is 0. The summed E-state index contributed by atoms with van der Waals surface area (Å²) < 4.78 is 0. The molecule has 2 aromatic rings. The van der Waals surface area contributed by atoms with Crippen molar-refractivity contribution in [3.05, 3.63) is 53.1 Å². The zero-order valence-electron chi connectivity index (χ0n) is 11.0. The molecule has 1 amide bonds. The summed E-state index contributed by atoms with van der Waals surface area (Å²) >= 11 is 5.84. The van der Waals surface area contributed by atoms with Gasteiger partial charge in [-0.1, -0.05) is 23.7 Å². The van der Waals surface area contributed by atoms with Crippen molar-refractivity contribution in [3.8, 4) is 5.75 Å². The number of halogens is 1.